The number of aliphatic hydroxyl groups excluding tert-OH is 1. The predicted molar refractivity (Wildman–Crippen MR) is 74.4 cm³/mol. The van der Waals surface area contributed by atoms with Crippen LogP contribution in [0.4, 0.5) is 4.79 Å². The summed E-state index contributed by atoms with van der Waals surface area (Å²) in [7, 11) is 0. The maximum absolute atomic E-state index is 11.4. The molecule has 0 spiro atoms. The van der Waals surface area contributed by atoms with Crippen LogP contribution in [0.1, 0.15) is 30.9 Å². The fraction of sp³-hybridized carbons (Fsp3) is 0.429. The summed E-state index contributed by atoms with van der Waals surface area (Å²) < 4.78 is 0. The van der Waals surface area contributed by atoms with Crippen LogP contribution < -0.4 is 10.6 Å². The first kappa shape index (κ1) is 16.0. The Balaban J connectivity index is 2.35. The van der Waals surface area contributed by atoms with Crippen LogP contribution in [0.25, 0.3) is 0 Å². The highest BCUT2D eigenvalue weighted by atomic mass is 16.4. The van der Waals surface area contributed by atoms with Crippen LogP contribution >= 0.6 is 0 Å². The van der Waals surface area contributed by atoms with E-state index in [-0.39, 0.29) is 6.54 Å². The standard InChI is InChI=1S/C14H20N2O4/c1-9(2)11-5-3-10(4-6-11)7-15-14(20)16-8-12(17)13(18)19/h3-6,9,12,17H,7-8H2,1-2H3,(H,18,19)(H2,15,16,20)/t12-/m0/s1. The number of hydrogen-bond donors (Lipinski definition) is 4. The average Bonchev–Trinajstić information content (AvgIpc) is 2.42. The lowest BCUT2D eigenvalue weighted by molar-refractivity contribution is -0.146. The number of benzene rings is 1. The van der Waals surface area contributed by atoms with Crippen LogP contribution in [0, 0.1) is 0 Å². The van der Waals surface area contributed by atoms with Crippen molar-refractivity contribution in [2.75, 3.05) is 6.54 Å². The van der Waals surface area contributed by atoms with Gasteiger partial charge in [0.05, 0.1) is 6.54 Å². The first-order chi connectivity index (χ1) is 9.40. The highest BCUT2D eigenvalue weighted by Crippen LogP contribution is 2.14. The van der Waals surface area contributed by atoms with Gasteiger partial charge >= 0.3 is 12.0 Å². The Morgan fingerprint density at radius 1 is 1.15 bits per heavy atom. The SMILES string of the molecule is CC(C)c1ccc(CNC(=O)NC[C@H](O)C(=O)O)cc1. The summed E-state index contributed by atoms with van der Waals surface area (Å²) in [5.74, 6) is -0.910. The molecule has 0 aliphatic carbocycles. The van der Waals surface area contributed by atoms with E-state index in [2.05, 4.69) is 24.5 Å². The molecule has 0 radical (unpaired) electrons. The van der Waals surface area contributed by atoms with Gasteiger partial charge in [0.15, 0.2) is 6.10 Å². The summed E-state index contributed by atoms with van der Waals surface area (Å²) in [6, 6.07) is 7.36. The van der Waals surface area contributed by atoms with Crippen molar-refractivity contribution in [3.63, 3.8) is 0 Å². The number of carboxylic acid groups (broad SMARTS) is 1. The van der Waals surface area contributed by atoms with E-state index in [1.807, 2.05) is 24.3 Å². The fourth-order valence-electron chi connectivity index (χ4n) is 1.54. The summed E-state index contributed by atoms with van der Waals surface area (Å²) in [5.41, 5.74) is 2.17. The number of aliphatic carboxylic acids is 1. The van der Waals surface area contributed by atoms with Crippen LogP contribution in [0.2, 0.25) is 0 Å². The zero-order valence-electron chi connectivity index (χ0n) is 11.6. The second-order valence-electron chi connectivity index (χ2n) is 4.81. The maximum atomic E-state index is 11.4. The van der Waals surface area contributed by atoms with Crippen LogP contribution in [-0.4, -0.2) is 34.9 Å². The molecule has 20 heavy (non-hydrogen) atoms. The summed E-state index contributed by atoms with van der Waals surface area (Å²) in [5, 5.41) is 22.3. The molecule has 0 saturated carbocycles. The second-order valence-corrected chi connectivity index (χ2v) is 4.81. The normalized spacial score (nSPS) is 12.0. The molecule has 1 aromatic carbocycles. The average molecular weight is 280 g/mol. The van der Waals surface area contributed by atoms with Crippen molar-refractivity contribution >= 4 is 12.0 Å². The first-order valence-corrected chi connectivity index (χ1v) is 6.41. The van der Waals surface area contributed by atoms with Crippen LogP contribution in [0.5, 0.6) is 0 Å². The van der Waals surface area contributed by atoms with Gasteiger partial charge in [-0.15, -0.1) is 0 Å². The topological polar surface area (TPSA) is 98.7 Å². The van der Waals surface area contributed by atoms with Crippen molar-refractivity contribution in [1.29, 1.82) is 0 Å². The smallest absolute Gasteiger partial charge is 0.334 e. The third-order valence-electron chi connectivity index (χ3n) is 2.84. The van der Waals surface area contributed by atoms with Gasteiger partial charge in [-0.2, -0.15) is 0 Å². The lowest BCUT2D eigenvalue weighted by Crippen LogP contribution is -2.41. The molecule has 0 bridgehead atoms. The molecule has 0 fully saturated rings. The molecule has 1 rings (SSSR count). The minimum Gasteiger partial charge on any atom is -0.479 e. The van der Waals surface area contributed by atoms with E-state index in [0.717, 1.165) is 5.56 Å². The van der Waals surface area contributed by atoms with Gasteiger partial charge in [-0.05, 0) is 17.0 Å². The number of rotatable bonds is 6. The molecule has 0 aliphatic heterocycles. The highest BCUT2D eigenvalue weighted by molar-refractivity contribution is 5.76. The van der Waals surface area contributed by atoms with Gasteiger partial charge in [0.1, 0.15) is 0 Å². The van der Waals surface area contributed by atoms with E-state index < -0.39 is 18.1 Å². The van der Waals surface area contributed by atoms with Gasteiger partial charge in [-0.1, -0.05) is 38.1 Å². The van der Waals surface area contributed by atoms with Crippen LogP contribution in [0.3, 0.4) is 0 Å². The van der Waals surface area contributed by atoms with Crippen molar-refractivity contribution in [3.05, 3.63) is 35.4 Å². The number of hydrogen-bond acceptors (Lipinski definition) is 3. The van der Waals surface area contributed by atoms with Crippen molar-refractivity contribution in [3.8, 4) is 0 Å². The Labute approximate surface area is 117 Å². The summed E-state index contributed by atoms with van der Waals surface area (Å²) in [6.07, 6.45) is -1.59. The van der Waals surface area contributed by atoms with Gasteiger partial charge in [-0.25, -0.2) is 9.59 Å². The Hall–Kier alpha value is -2.08. The second kappa shape index (κ2) is 7.49. The molecule has 4 N–H and O–H groups in total. The summed E-state index contributed by atoms with van der Waals surface area (Å²) in [6.45, 7) is 4.23. The fourth-order valence-corrected chi connectivity index (χ4v) is 1.54. The van der Waals surface area contributed by atoms with E-state index >= 15 is 0 Å². The van der Waals surface area contributed by atoms with E-state index in [4.69, 9.17) is 10.2 Å². The lowest BCUT2D eigenvalue weighted by Gasteiger charge is -2.10. The number of nitrogens with one attached hydrogen (secondary N) is 2. The zero-order chi connectivity index (χ0) is 15.1. The van der Waals surface area contributed by atoms with E-state index in [0.29, 0.717) is 12.5 Å². The monoisotopic (exact) mass is 280 g/mol. The van der Waals surface area contributed by atoms with Crippen molar-refractivity contribution < 1.29 is 19.8 Å². The maximum Gasteiger partial charge on any atom is 0.334 e. The quantitative estimate of drug-likeness (QED) is 0.626. The zero-order valence-corrected chi connectivity index (χ0v) is 11.6. The van der Waals surface area contributed by atoms with E-state index in [9.17, 15) is 9.59 Å². The first-order valence-electron chi connectivity index (χ1n) is 6.41. The molecule has 110 valence electrons. The summed E-state index contributed by atoms with van der Waals surface area (Å²) >= 11 is 0. The Morgan fingerprint density at radius 3 is 2.25 bits per heavy atom. The number of carbonyl (C=O) groups is 2. The van der Waals surface area contributed by atoms with Crippen molar-refractivity contribution in [2.45, 2.75) is 32.4 Å². The van der Waals surface area contributed by atoms with Gasteiger partial charge in [0.25, 0.3) is 0 Å². The molecule has 0 saturated heterocycles. The Bertz CT molecular complexity index is 457. The van der Waals surface area contributed by atoms with E-state index in [1.165, 1.54) is 5.56 Å². The molecule has 2 amide bonds. The number of amides is 2. The molecule has 0 unspecified atom stereocenters. The molecule has 1 atom stereocenters. The predicted octanol–water partition coefficient (Wildman–Crippen LogP) is 1.05. The largest absolute Gasteiger partial charge is 0.479 e. The van der Waals surface area contributed by atoms with Gasteiger partial charge in [0, 0.05) is 6.54 Å². The number of aliphatic hydroxyl groups is 1. The van der Waals surface area contributed by atoms with Crippen LogP contribution in [0.15, 0.2) is 24.3 Å². The molecule has 1 aromatic rings. The molecule has 6 heteroatoms. The van der Waals surface area contributed by atoms with Gasteiger partial charge in [0.2, 0.25) is 0 Å². The molecule has 0 aromatic heterocycles. The Morgan fingerprint density at radius 2 is 1.75 bits per heavy atom. The molecular formula is C14H20N2O4. The lowest BCUT2D eigenvalue weighted by atomic mass is 10.0. The molecular weight excluding hydrogens is 260 g/mol. The third kappa shape index (κ3) is 5.27. The Kier molecular flexibility index (Phi) is 5.99. The van der Waals surface area contributed by atoms with Crippen molar-refractivity contribution in [2.24, 2.45) is 0 Å². The van der Waals surface area contributed by atoms with Gasteiger partial charge in [-0.3, -0.25) is 0 Å². The van der Waals surface area contributed by atoms with Crippen LogP contribution in [-0.2, 0) is 11.3 Å². The number of urea groups is 1. The minimum atomic E-state index is -1.59. The number of carbonyl (C=O) groups excluding carboxylic acids is 1. The summed E-state index contributed by atoms with van der Waals surface area (Å²) in [4.78, 5) is 21.7. The van der Waals surface area contributed by atoms with Crippen molar-refractivity contribution in [1.82, 2.24) is 10.6 Å². The third-order valence-corrected chi connectivity index (χ3v) is 2.84. The molecule has 6 nitrogen and oxygen atoms in total. The number of carboxylic acids is 1. The van der Waals surface area contributed by atoms with E-state index in [1.54, 1.807) is 0 Å². The van der Waals surface area contributed by atoms with Gasteiger partial charge < -0.3 is 20.8 Å². The minimum absolute atomic E-state index is 0.326. The highest BCUT2D eigenvalue weighted by Gasteiger charge is 2.13. The molecule has 0 heterocycles. The molecule has 0 aliphatic rings.